The van der Waals surface area contributed by atoms with Gasteiger partial charge in [0.15, 0.2) is 0 Å². The van der Waals surface area contributed by atoms with Crippen molar-refractivity contribution in [3.63, 3.8) is 0 Å². The number of nitrogens with two attached hydrogens (primary N) is 1. The monoisotopic (exact) mass is 179 g/mol. The van der Waals surface area contributed by atoms with Crippen LogP contribution >= 0.6 is 0 Å². The molecule has 0 aromatic rings. The van der Waals surface area contributed by atoms with E-state index in [-0.39, 0.29) is 0 Å². The Balaban J connectivity index is 1.99. The number of rotatable bonds is 2. The van der Waals surface area contributed by atoms with E-state index in [1.165, 1.54) is 19.3 Å². The lowest BCUT2D eigenvalue weighted by molar-refractivity contribution is 0.364. The van der Waals surface area contributed by atoms with Gasteiger partial charge in [-0.1, -0.05) is 26.0 Å². The lowest BCUT2D eigenvalue weighted by Gasteiger charge is -2.19. The number of allylic oxidation sites excluding steroid dienone is 2. The zero-order valence-electron chi connectivity index (χ0n) is 8.79. The van der Waals surface area contributed by atoms with Crippen molar-refractivity contribution in [1.82, 2.24) is 0 Å². The van der Waals surface area contributed by atoms with Gasteiger partial charge in [-0.15, -0.1) is 0 Å². The Hall–Kier alpha value is -0.300. The standard InChI is InChI=1S/C12H21N/c1-12(2)10(8-13)11(12)9-6-4-3-5-7-9/h3-4,9-11H,5-8,13H2,1-2H3/t9?,10-,11-/m0/s1. The Bertz CT molecular complexity index is 217. The minimum Gasteiger partial charge on any atom is -0.330 e. The van der Waals surface area contributed by atoms with Gasteiger partial charge in [-0.3, -0.25) is 0 Å². The molecule has 1 fully saturated rings. The third kappa shape index (κ3) is 1.43. The Morgan fingerprint density at radius 2 is 2.15 bits per heavy atom. The van der Waals surface area contributed by atoms with Crippen molar-refractivity contribution in [3.8, 4) is 0 Å². The van der Waals surface area contributed by atoms with E-state index < -0.39 is 0 Å². The molecule has 1 saturated carbocycles. The van der Waals surface area contributed by atoms with Gasteiger partial charge in [-0.25, -0.2) is 0 Å². The van der Waals surface area contributed by atoms with Crippen LogP contribution < -0.4 is 5.73 Å². The first-order valence-corrected chi connectivity index (χ1v) is 5.53. The molecule has 0 aromatic heterocycles. The van der Waals surface area contributed by atoms with Gasteiger partial charge in [-0.05, 0) is 49.0 Å². The maximum Gasteiger partial charge on any atom is -0.00407 e. The van der Waals surface area contributed by atoms with Gasteiger partial charge in [0.25, 0.3) is 0 Å². The van der Waals surface area contributed by atoms with Gasteiger partial charge in [0.1, 0.15) is 0 Å². The Morgan fingerprint density at radius 1 is 1.38 bits per heavy atom. The van der Waals surface area contributed by atoms with Crippen LogP contribution in [0.1, 0.15) is 33.1 Å². The van der Waals surface area contributed by atoms with Crippen LogP contribution in [-0.2, 0) is 0 Å². The van der Waals surface area contributed by atoms with Crippen molar-refractivity contribution in [2.75, 3.05) is 6.54 Å². The largest absolute Gasteiger partial charge is 0.330 e. The van der Waals surface area contributed by atoms with E-state index in [1.807, 2.05) is 0 Å². The van der Waals surface area contributed by atoms with E-state index >= 15 is 0 Å². The van der Waals surface area contributed by atoms with Crippen LogP contribution in [0.15, 0.2) is 12.2 Å². The SMILES string of the molecule is CC1(C)[C@@H](CN)[C@@H]1C1CC=CCC1. The predicted molar refractivity (Wildman–Crippen MR) is 56.3 cm³/mol. The highest BCUT2D eigenvalue weighted by molar-refractivity contribution is 5.10. The van der Waals surface area contributed by atoms with Crippen LogP contribution in [0.2, 0.25) is 0 Å². The summed E-state index contributed by atoms with van der Waals surface area (Å²) in [5.74, 6) is 2.62. The second kappa shape index (κ2) is 3.13. The highest BCUT2D eigenvalue weighted by Crippen LogP contribution is 2.62. The van der Waals surface area contributed by atoms with E-state index in [0.717, 1.165) is 24.3 Å². The van der Waals surface area contributed by atoms with Gasteiger partial charge in [0.2, 0.25) is 0 Å². The van der Waals surface area contributed by atoms with E-state index in [9.17, 15) is 0 Å². The second-order valence-corrected chi connectivity index (χ2v) is 5.23. The molecule has 0 spiro atoms. The predicted octanol–water partition coefficient (Wildman–Crippen LogP) is 2.57. The molecule has 0 radical (unpaired) electrons. The highest BCUT2D eigenvalue weighted by atomic mass is 14.7. The fourth-order valence-corrected chi connectivity index (χ4v) is 3.32. The first-order chi connectivity index (χ1) is 6.18. The molecule has 0 saturated heterocycles. The van der Waals surface area contributed by atoms with Crippen molar-refractivity contribution < 1.29 is 0 Å². The molecule has 0 amide bonds. The summed E-state index contributed by atoms with van der Waals surface area (Å²) in [5.41, 5.74) is 6.32. The molecule has 1 nitrogen and oxygen atoms in total. The zero-order chi connectivity index (χ0) is 9.47. The van der Waals surface area contributed by atoms with Crippen molar-refractivity contribution in [2.24, 2.45) is 28.9 Å². The fraction of sp³-hybridized carbons (Fsp3) is 0.833. The molecule has 1 unspecified atom stereocenters. The molecule has 2 N–H and O–H groups in total. The van der Waals surface area contributed by atoms with Gasteiger partial charge in [0, 0.05) is 0 Å². The summed E-state index contributed by atoms with van der Waals surface area (Å²) in [4.78, 5) is 0. The van der Waals surface area contributed by atoms with E-state index in [0.29, 0.717) is 5.41 Å². The zero-order valence-corrected chi connectivity index (χ0v) is 8.79. The quantitative estimate of drug-likeness (QED) is 0.648. The van der Waals surface area contributed by atoms with Crippen molar-refractivity contribution in [1.29, 1.82) is 0 Å². The van der Waals surface area contributed by atoms with Crippen LogP contribution in [0.3, 0.4) is 0 Å². The lowest BCUT2D eigenvalue weighted by Crippen LogP contribution is -2.10. The molecular weight excluding hydrogens is 158 g/mol. The third-order valence-corrected chi connectivity index (χ3v) is 4.21. The topological polar surface area (TPSA) is 26.0 Å². The molecule has 3 atom stereocenters. The summed E-state index contributed by atoms with van der Waals surface area (Å²) in [6.45, 7) is 5.65. The van der Waals surface area contributed by atoms with Crippen LogP contribution in [0.4, 0.5) is 0 Å². The first-order valence-electron chi connectivity index (χ1n) is 5.53. The lowest BCUT2D eigenvalue weighted by atomic mass is 9.87. The van der Waals surface area contributed by atoms with E-state index in [1.54, 1.807) is 0 Å². The summed E-state index contributed by atoms with van der Waals surface area (Å²) in [5, 5.41) is 0. The third-order valence-electron chi connectivity index (χ3n) is 4.21. The molecule has 2 rings (SSSR count). The summed E-state index contributed by atoms with van der Waals surface area (Å²) >= 11 is 0. The van der Waals surface area contributed by atoms with Gasteiger partial charge < -0.3 is 5.73 Å². The average molecular weight is 179 g/mol. The molecule has 2 aliphatic rings. The fourth-order valence-electron chi connectivity index (χ4n) is 3.32. The summed E-state index contributed by atoms with van der Waals surface area (Å²) in [6, 6.07) is 0. The maximum absolute atomic E-state index is 5.79. The Kier molecular flexibility index (Phi) is 2.23. The number of hydrogen-bond acceptors (Lipinski definition) is 1. The summed E-state index contributed by atoms with van der Waals surface area (Å²) < 4.78 is 0. The second-order valence-electron chi connectivity index (χ2n) is 5.23. The van der Waals surface area contributed by atoms with Crippen molar-refractivity contribution in [2.45, 2.75) is 33.1 Å². The van der Waals surface area contributed by atoms with Gasteiger partial charge in [0.05, 0.1) is 0 Å². The van der Waals surface area contributed by atoms with Gasteiger partial charge >= 0.3 is 0 Å². The molecular formula is C12H21N. The van der Waals surface area contributed by atoms with Crippen molar-refractivity contribution in [3.05, 3.63) is 12.2 Å². The van der Waals surface area contributed by atoms with Crippen LogP contribution in [0, 0.1) is 23.2 Å². The normalized spacial score (nSPS) is 41.9. The Morgan fingerprint density at radius 3 is 2.62 bits per heavy atom. The first kappa shape index (κ1) is 9.26. The number of hydrogen-bond donors (Lipinski definition) is 1. The van der Waals surface area contributed by atoms with Crippen LogP contribution in [0.5, 0.6) is 0 Å². The summed E-state index contributed by atoms with van der Waals surface area (Å²) in [7, 11) is 0. The molecule has 74 valence electrons. The van der Waals surface area contributed by atoms with Gasteiger partial charge in [-0.2, -0.15) is 0 Å². The Labute approximate surface area is 81.4 Å². The smallest absolute Gasteiger partial charge is 0.00407 e. The molecule has 2 aliphatic carbocycles. The van der Waals surface area contributed by atoms with Crippen LogP contribution in [-0.4, -0.2) is 6.54 Å². The summed E-state index contributed by atoms with van der Waals surface area (Å²) in [6.07, 6.45) is 8.65. The maximum atomic E-state index is 5.79. The van der Waals surface area contributed by atoms with E-state index in [2.05, 4.69) is 26.0 Å². The molecule has 1 heteroatoms. The molecule has 0 aliphatic heterocycles. The van der Waals surface area contributed by atoms with E-state index in [4.69, 9.17) is 5.73 Å². The van der Waals surface area contributed by atoms with Crippen molar-refractivity contribution >= 4 is 0 Å². The minimum absolute atomic E-state index is 0.532. The molecule has 13 heavy (non-hydrogen) atoms. The highest BCUT2D eigenvalue weighted by Gasteiger charge is 2.58. The molecule has 0 heterocycles. The minimum atomic E-state index is 0.532. The molecule has 0 bridgehead atoms. The average Bonchev–Trinajstić information content (AvgIpc) is 2.69. The molecule has 0 aromatic carbocycles. The van der Waals surface area contributed by atoms with Crippen LogP contribution in [0.25, 0.3) is 0 Å².